The van der Waals surface area contributed by atoms with E-state index in [0.29, 0.717) is 30.0 Å². The maximum atomic E-state index is 12.6. The van der Waals surface area contributed by atoms with Crippen LogP contribution in [0.5, 0.6) is 0 Å². The lowest BCUT2D eigenvalue weighted by atomic mass is 10.1. The molecular formula is C23H27N7O. The van der Waals surface area contributed by atoms with Crippen molar-refractivity contribution in [3.63, 3.8) is 0 Å². The van der Waals surface area contributed by atoms with Crippen molar-refractivity contribution < 1.29 is 4.79 Å². The van der Waals surface area contributed by atoms with Gasteiger partial charge in [-0.3, -0.25) is 9.89 Å². The van der Waals surface area contributed by atoms with Gasteiger partial charge >= 0.3 is 0 Å². The molecule has 160 valence electrons. The highest BCUT2D eigenvalue weighted by Gasteiger charge is 2.56. The Morgan fingerprint density at radius 3 is 2.77 bits per heavy atom. The minimum Gasteiger partial charge on any atom is -0.357 e. The zero-order valence-electron chi connectivity index (χ0n) is 17.8. The third-order valence-electron chi connectivity index (χ3n) is 6.19. The number of benzene rings is 1. The van der Waals surface area contributed by atoms with Gasteiger partial charge in [-0.05, 0) is 30.2 Å². The first-order valence-electron chi connectivity index (χ1n) is 10.9. The Hall–Kier alpha value is -3.42. The Bertz CT molecular complexity index is 1080. The molecule has 3 atom stereocenters. The fraction of sp³-hybridized carbons (Fsp3) is 0.391. The van der Waals surface area contributed by atoms with Gasteiger partial charge in [0.05, 0.1) is 5.69 Å². The topological polar surface area (TPSA) is 98.8 Å². The number of carbonyl (C=O) groups excluding carboxylic acids is 1. The molecular weight excluding hydrogens is 390 g/mol. The molecule has 31 heavy (non-hydrogen) atoms. The van der Waals surface area contributed by atoms with E-state index in [0.717, 1.165) is 36.6 Å². The van der Waals surface area contributed by atoms with E-state index >= 15 is 0 Å². The number of hydrogen-bond acceptors (Lipinski definition) is 6. The summed E-state index contributed by atoms with van der Waals surface area (Å²) >= 11 is 0. The van der Waals surface area contributed by atoms with Gasteiger partial charge in [0.25, 0.3) is 0 Å². The third-order valence-corrected chi connectivity index (χ3v) is 6.19. The maximum Gasteiger partial charge on any atom is 0.242 e. The van der Waals surface area contributed by atoms with Crippen LogP contribution >= 0.6 is 0 Å². The molecule has 3 heterocycles. The van der Waals surface area contributed by atoms with Gasteiger partial charge in [0.1, 0.15) is 11.9 Å². The molecule has 1 saturated carbocycles. The third kappa shape index (κ3) is 3.97. The summed E-state index contributed by atoms with van der Waals surface area (Å²) in [5.41, 5.74) is 3.14. The van der Waals surface area contributed by atoms with Crippen molar-refractivity contribution >= 4 is 23.5 Å². The summed E-state index contributed by atoms with van der Waals surface area (Å²) in [6.45, 7) is 2.90. The highest BCUT2D eigenvalue weighted by atomic mass is 16.2. The molecule has 0 spiro atoms. The fourth-order valence-corrected chi connectivity index (χ4v) is 4.46. The molecule has 5 rings (SSSR count). The van der Waals surface area contributed by atoms with Crippen LogP contribution in [0.2, 0.25) is 0 Å². The summed E-state index contributed by atoms with van der Waals surface area (Å²) in [7, 11) is 1.69. The second kappa shape index (κ2) is 8.02. The molecule has 8 heteroatoms. The minimum absolute atomic E-state index is 0.0384. The van der Waals surface area contributed by atoms with Crippen LogP contribution in [0, 0.1) is 11.8 Å². The maximum absolute atomic E-state index is 12.6. The standard InChI is InChI=1S/C23H27N7O/c1-3-16-11-20(29-28-16)26-19-12-17(9-14-7-5-4-6-8-14)25-23(27-19)30-13-15-10-18(15)21(30)22(31)24-2/h4-8,11-12,15,18,21H,3,9-10,13H2,1-2H3,(H,24,31)(H2,25,26,27,28,29)/t15-,18-,21+/m1/s1. The number of nitrogens with one attached hydrogen (secondary N) is 3. The van der Waals surface area contributed by atoms with E-state index in [1.54, 1.807) is 7.05 Å². The number of H-pyrrole nitrogens is 1. The van der Waals surface area contributed by atoms with E-state index in [9.17, 15) is 4.79 Å². The number of piperidine rings is 1. The van der Waals surface area contributed by atoms with E-state index in [4.69, 9.17) is 9.97 Å². The Morgan fingerprint density at radius 1 is 1.19 bits per heavy atom. The Morgan fingerprint density at radius 2 is 2.03 bits per heavy atom. The van der Waals surface area contributed by atoms with Crippen molar-refractivity contribution in [1.29, 1.82) is 0 Å². The second-order valence-electron chi connectivity index (χ2n) is 8.33. The number of rotatable bonds is 7. The molecule has 3 N–H and O–H groups in total. The van der Waals surface area contributed by atoms with Gasteiger partial charge in [0.15, 0.2) is 5.82 Å². The van der Waals surface area contributed by atoms with Crippen LogP contribution < -0.4 is 15.5 Å². The predicted molar refractivity (Wildman–Crippen MR) is 119 cm³/mol. The van der Waals surface area contributed by atoms with Crippen LogP contribution in [-0.4, -0.2) is 45.7 Å². The molecule has 0 bridgehead atoms. The second-order valence-corrected chi connectivity index (χ2v) is 8.33. The summed E-state index contributed by atoms with van der Waals surface area (Å²) in [5, 5.41) is 13.5. The monoisotopic (exact) mass is 417 g/mol. The molecule has 3 aromatic rings. The van der Waals surface area contributed by atoms with Crippen molar-refractivity contribution in [2.75, 3.05) is 23.8 Å². The van der Waals surface area contributed by atoms with Crippen LogP contribution in [0.3, 0.4) is 0 Å². The molecule has 2 fully saturated rings. The normalized spacial score (nSPS) is 21.6. The van der Waals surface area contributed by atoms with Gasteiger partial charge in [0.2, 0.25) is 11.9 Å². The molecule has 2 aromatic heterocycles. The van der Waals surface area contributed by atoms with Gasteiger partial charge < -0.3 is 15.5 Å². The summed E-state index contributed by atoms with van der Waals surface area (Å²) in [4.78, 5) is 24.3. The number of fused-ring (bicyclic) bond motifs is 1. The smallest absolute Gasteiger partial charge is 0.242 e. The molecule has 1 aliphatic carbocycles. The summed E-state index contributed by atoms with van der Waals surface area (Å²) in [6.07, 6.45) is 2.68. The predicted octanol–water partition coefficient (Wildman–Crippen LogP) is 2.67. The van der Waals surface area contributed by atoms with E-state index in [1.165, 1.54) is 5.56 Å². The number of hydrogen-bond donors (Lipinski definition) is 3. The molecule has 1 saturated heterocycles. The average molecular weight is 418 g/mol. The van der Waals surface area contributed by atoms with Gasteiger partial charge in [-0.25, -0.2) is 4.98 Å². The number of carbonyl (C=O) groups is 1. The van der Waals surface area contributed by atoms with E-state index in [-0.39, 0.29) is 11.9 Å². The largest absolute Gasteiger partial charge is 0.357 e. The van der Waals surface area contributed by atoms with Crippen molar-refractivity contribution in [1.82, 2.24) is 25.5 Å². The van der Waals surface area contributed by atoms with Gasteiger partial charge in [-0.15, -0.1) is 0 Å². The molecule has 1 amide bonds. The summed E-state index contributed by atoms with van der Waals surface area (Å²) in [6, 6.07) is 14.0. The van der Waals surface area contributed by atoms with Crippen LogP contribution in [0.1, 0.15) is 30.3 Å². The Balaban J connectivity index is 1.48. The lowest BCUT2D eigenvalue weighted by Gasteiger charge is -2.27. The molecule has 8 nitrogen and oxygen atoms in total. The zero-order valence-corrected chi connectivity index (χ0v) is 17.8. The van der Waals surface area contributed by atoms with Crippen molar-refractivity contribution in [3.05, 3.63) is 59.4 Å². The first-order chi connectivity index (χ1) is 15.1. The van der Waals surface area contributed by atoms with Gasteiger partial charge in [-0.1, -0.05) is 37.3 Å². The fourth-order valence-electron chi connectivity index (χ4n) is 4.46. The Kier molecular flexibility index (Phi) is 5.05. The highest BCUT2D eigenvalue weighted by Crippen LogP contribution is 2.50. The SMILES string of the molecule is CCc1cc(Nc2cc(Cc3ccccc3)nc(N3C[C@H]4C[C@H]4[C@H]3C(=O)NC)n2)n[nH]1. The number of likely N-dealkylation sites (N-methyl/N-ethyl adjacent to an activating group) is 1. The average Bonchev–Trinajstić information content (AvgIpc) is 3.22. The first-order valence-corrected chi connectivity index (χ1v) is 10.9. The van der Waals surface area contributed by atoms with E-state index in [2.05, 4.69) is 44.8 Å². The quantitative estimate of drug-likeness (QED) is 0.547. The molecule has 1 aromatic carbocycles. The number of aromatic amines is 1. The number of anilines is 3. The van der Waals surface area contributed by atoms with Gasteiger partial charge in [-0.2, -0.15) is 10.1 Å². The Labute approximate surface area is 181 Å². The molecule has 1 aliphatic heterocycles. The minimum atomic E-state index is -0.202. The number of aromatic nitrogens is 4. The molecule has 2 aliphatic rings. The van der Waals surface area contributed by atoms with Crippen molar-refractivity contribution in [3.8, 4) is 0 Å². The number of nitrogens with zero attached hydrogens (tertiary/aromatic N) is 4. The van der Waals surface area contributed by atoms with E-state index in [1.807, 2.05) is 30.3 Å². The molecule has 0 unspecified atom stereocenters. The zero-order chi connectivity index (χ0) is 21.4. The van der Waals surface area contributed by atoms with E-state index < -0.39 is 0 Å². The first kappa shape index (κ1) is 19.5. The van der Waals surface area contributed by atoms with Crippen LogP contribution in [0.4, 0.5) is 17.6 Å². The summed E-state index contributed by atoms with van der Waals surface area (Å²) in [5.74, 6) is 3.00. The van der Waals surface area contributed by atoms with Gasteiger partial charge in [0, 0.05) is 37.8 Å². The lowest BCUT2D eigenvalue weighted by Crippen LogP contribution is -2.45. The number of aryl methyl sites for hydroxylation is 1. The van der Waals surface area contributed by atoms with Crippen LogP contribution in [-0.2, 0) is 17.6 Å². The highest BCUT2D eigenvalue weighted by molar-refractivity contribution is 5.86. The van der Waals surface area contributed by atoms with Crippen LogP contribution in [0.25, 0.3) is 0 Å². The van der Waals surface area contributed by atoms with Crippen molar-refractivity contribution in [2.45, 2.75) is 32.2 Å². The lowest BCUT2D eigenvalue weighted by molar-refractivity contribution is -0.122. The molecule has 0 radical (unpaired) electrons. The van der Waals surface area contributed by atoms with Crippen LogP contribution in [0.15, 0.2) is 42.5 Å². The number of amides is 1. The van der Waals surface area contributed by atoms with Crippen molar-refractivity contribution in [2.24, 2.45) is 11.8 Å². The summed E-state index contributed by atoms with van der Waals surface area (Å²) < 4.78 is 0.